The minimum atomic E-state index is 0.473. The first-order valence-corrected chi connectivity index (χ1v) is 7.19. The summed E-state index contributed by atoms with van der Waals surface area (Å²) in [5, 5.41) is 11.6. The van der Waals surface area contributed by atoms with Crippen LogP contribution in [0, 0.1) is 0 Å². The average molecular weight is 296 g/mol. The quantitative estimate of drug-likeness (QED) is 0.628. The number of pyridine rings is 1. The zero-order valence-corrected chi connectivity index (χ0v) is 12.0. The van der Waals surface area contributed by atoms with Gasteiger partial charge in [0.1, 0.15) is 18.0 Å². The molecule has 0 unspecified atom stereocenters. The van der Waals surface area contributed by atoms with E-state index in [4.69, 9.17) is 5.73 Å². The van der Waals surface area contributed by atoms with Gasteiger partial charge in [0, 0.05) is 37.9 Å². The first-order chi connectivity index (χ1) is 10.8. The van der Waals surface area contributed by atoms with Crippen molar-refractivity contribution in [2.24, 2.45) is 0 Å². The maximum Gasteiger partial charge on any atom is 0.186 e. The van der Waals surface area contributed by atoms with E-state index in [0.717, 1.165) is 48.6 Å². The predicted octanol–water partition coefficient (Wildman–Crippen LogP) is 0.407. The number of fused-ring (bicyclic) bond motifs is 1. The fraction of sp³-hybridized carbons (Fsp3) is 0.286. The standard InChI is InChI=1S/C14H16N8/c15-10-7-9(1-2-17-10)12-11-13(21-20-12)18-8-19-14(11)22-5-3-16-4-6-22/h1-2,7-8,16H,3-6H2,(H2,15,17)(H,18,19,20,21). The highest BCUT2D eigenvalue weighted by atomic mass is 15.3. The lowest BCUT2D eigenvalue weighted by Gasteiger charge is -2.28. The number of nitrogen functional groups attached to an aromatic ring is 1. The van der Waals surface area contributed by atoms with E-state index in [-0.39, 0.29) is 0 Å². The molecule has 4 rings (SSSR count). The zero-order valence-electron chi connectivity index (χ0n) is 12.0. The molecule has 3 aromatic heterocycles. The number of aromatic amines is 1. The molecule has 0 aliphatic carbocycles. The smallest absolute Gasteiger partial charge is 0.186 e. The summed E-state index contributed by atoms with van der Waals surface area (Å²) in [6.45, 7) is 3.71. The summed E-state index contributed by atoms with van der Waals surface area (Å²) in [6.07, 6.45) is 3.25. The fourth-order valence-electron chi connectivity index (χ4n) is 2.77. The first-order valence-electron chi connectivity index (χ1n) is 7.19. The van der Waals surface area contributed by atoms with Crippen LogP contribution in [-0.2, 0) is 0 Å². The van der Waals surface area contributed by atoms with Gasteiger partial charge in [-0.3, -0.25) is 5.10 Å². The van der Waals surface area contributed by atoms with Crippen molar-refractivity contribution in [3.8, 4) is 11.3 Å². The number of piperazine rings is 1. The minimum absolute atomic E-state index is 0.473. The molecule has 3 aromatic rings. The van der Waals surface area contributed by atoms with Crippen LogP contribution in [0.3, 0.4) is 0 Å². The number of nitrogens with zero attached hydrogens (tertiary/aromatic N) is 5. The Morgan fingerprint density at radius 3 is 2.82 bits per heavy atom. The molecule has 1 fully saturated rings. The van der Waals surface area contributed by atoms with Crippen LogP contribution < -0.4 is 16.0 Å². The van der Waals surface area contributed by atoms with Crippen molar-refractivity contribution in [3.05, 3.63) is 24.7 Å². The lowest BCUT2D eigenvalue weighted by molar-refractivity contribution is 0.586. The largest absolute Gasteiger partial charge is 0.384 e. The molecule has 0 radical (unpaired) electrons. The van der Waals surface area contributed by atoms with Crippen LogP contribution in [0.15, 0.2) is 24.7 Å². The Labute approximate surface area is 126 Å². The SMILES string of the molecule is Nc1cc(-c2[nH]nc3ncnc(N4CCNCC4)c23)ccn1. The molecule has 1 aliphatic rings. The summed E-state index contributed by atoms with van der Waals surface area (Å²) < 4.78 is 0. The van der Waals surface area contributed by atoms with Crippen molar-refractivity contribution in [2.45, 2.75) is 0 Å². The Morgan fingerprint density at radius 2 is 2.00 bits per heavy atom. The van der Waals surface area contributed by atoms with E-state index in [1.54, 1.807) is 12.5 Å². The summed E-state index contributed by atoms with van der Waals surface area (Å²) in [7, 11) is 0. The van der Waals surface area contributed by atoms with Gasteiger partial charge in [0.15, 0.2) is 5.65 Å². The molecule has 8 nitrogen and oxygen atoms in total. The van der Waals surface area contributed by atoms with Gasteiger partial charge in [0.05, 0.1) is 11.1 Å². The lowest BCUT2D eigenvalue weighted by atomic mass is 10.1. The molecule has 112 valence electrons. The van der Waals surface area contributed by atoms with Crippen molar-refractivity contribution in [1.29, 1.82) is 0 Å². The van der Waals surface area contributed by atoms with Gasteiger partial charge >= 0.3 is 0 Å². The van der Waals surface area contributed by atoms with Crippen LogP contribution in [-0.4, -0.2) is 51.3 Å². The van der Waals surface area contributed by atoms with Crippen LogP contribution in [0.5, 0.6) is 0 Å². The molecule has 0 saturated carbocycles. The molecule has 0 atom stereocenters. The lowest BCUT2D eigenvalue weighted by Crippen LogP contribution is -2.44. The maximum atomic E-state index is 5.79. The summed E-state index contributed by atoms with van der Waals surface area (Å²) in [5.41, 5.74) is 8.26. The number of H-pyrrole nitrogens is 1. The Balaban J connectivity index is 1.89. The van der Waals surface area contributed by atoms with Gasteiger partial charge in [0.25, 0.3) is 0 Å². The highest BCUT2D eigenvalue weighted by Crippen LogP contribution is 2.32. The molecule has 0 amide bonds. The highest BCUT2D eigenvalue weighted by molar-refractivity contribution is 5.99. The van der Waals surface area contributed by atoms with E-state index < -0.39 is 0 Å². The third kappa shape index (κ3) is 2.13. The number of rotatable bonds is 2. The van der Waals surface area contributed by atoms with Crippen LogP contribution in [0.25, 0.3) is 22.3 Å². The monoisotopic (exact) mass is 296 g/mol. The average Bonchev–Trinajstić information content (AvgIpc) is 3.00. The second kappa shape index (κ2) is 5.23. The van der Waals surface area contributed by atoms with Crippen molar-refractivity contribution in [2.75, 3.05) is 36.8 Å². The van der Waals surface area contributed by atoms with Gasteiger partial charge in [-0.15, -0.1) is 0 Å². The number of nitrogens with one attached hydrogen (secondary N) is 2. The number of aromatic nitrogens is 5. The number of hydrogen-bond donors (Lipinski definition) is 3. The van der Waals surface area contributed by atoms with Crippen molar-refractivity contribution < 1.29 is 0 Å². The Kier molecular flexibility index (Phi) is 3.08. The van der Waals surface area contributed by atoms with Crippen LogP contribution in [0.2, 0.25) is 0 Å². The van der Waals surface area contributed by atoms with Gasteiger partial charge in [-0.1, -0.05) is 0 Å². The van der Waals surface area contributed by atoms with E-state index in [0.29, 0.717) is 11.5 Å². The number of anilines is 2. The molecule has 1 aliphatic heterocycles. The highest BCUT2D eigenvalue weighted by Gasteiger charge is 2.20. The molecular weight excluding hydrogens is 280 g/mol. The molecule has 0 spiro atoms. The van der Waals surface area contributed by atoms with Gasteiger partial charge in [-0.25, -0.2) is 15.0 Å². The Bertz CT molecular complexity index is 805. The van der Waals surface area contributed by atoms with Crippen LogP contribution in [0.4, 0.5) is 11.6 Å². The molecule has 1 saturated heterocycles. The van der Waals surface area contributed by atoms with Gasteiger partial charge in [0.2, 0.25) is 0 Å². The molecule has 0 aromatic carbocycles. The summed E-state index contributed by atoms with van der Waals surface area (Å²) in [6, 6.07) is 3.72. The van der Waals surface area contributed by atoms with Gasteiger partial charge in [-0.05, 0) is 12.1 Å². The second-order valence-corrected chi connectivity index (χ2v) is 5.20. The van der Waals surface area contributed by atoms with E-state index >= 15 is 0 Å². The summed E-state index contributed by atoms with van der Waals surface area (Å²) in [4.78, 5) is 15.0. The predicted molar refractivity (Wildman–Crippen MR) is 84.4 cm³/mol. The third-order valence-corrected chi connectivity index (χ3v) is 3.82. The normalized spacial score (nSPS) is 15.4. The number of hydrogen-bond acceptors (Lipinski definition) is 7. The van der Waals surface area contributed by atoms with E-state index in [9.17, 15) is 0 Å². The maximum absolute atomic E-state index is 5.79. The molecule has 8 heteroatoms. The molecule has 4 N–H and O–H groups in total. The van der Waals surface area contributed by atoms with E-state index in [2.05, 4.69) is 35.4 Å². The third-order valence-electron chi connectivity index (χ3n) is 3.82. The molecule has 22 heavy (non-hydrogen) atoms. The summed E-state index contributed by atoms with van der Waals surface area (Å²) in [5.74, 6) is 1.38. The number of nitrogens with two attached hydrogens (primary N) is 1. The Morgan fingerprint density at radius 1 is 1.14 bits per heavy atom. The van der Waals surface area contributed by atoms with E-state index in [1.165, 1.54) is 0 Å². The molecular formula is C14H16N8. The summed E-state index contributed by atoms with van der Waals surface area (Å²) >= 11 is 0. The van der Waals surface area contributed by atoms with Crippen molar-refractivity contribution >= 4 is 22.7 Å². The molecule has 4 heterocycles. The van der Waals surface area contributed by atoms with Crippen LogP contribution >= 0.6 is 0 Å². The van der Waals surface area contributed by atoms with Crippen molar-refractivity contribution in [3.63, 3.8) is 0 Å². The zero-order chi connectivity index (χ0) is 14.9. The van der Waals surface area contributed by atoms with Gasteiger partial charge in [-0.2, -0.15) is 5.10 Å². The van der Waals surface area contributed by atoms with E-state index in [1.807, 2.05) is 12.1 Å². The first kappa shape index (κ1) is 13.0. The topological polar surface area (TPSA) is 109 Å². The minimum Gasteiger partial charge on any atom is -0.384 e. The van der Waals surface area contributed by atoms with Crippen molar-refractivity contribution in [1.82, 2.24) is 30.5 Å². The molecule has 0 bridgehead atoms. The van der Waals surface area contributed by atoms with Crippen LogP contribution in [0.1, 0.15) is 0 Å². The van der Waals surface area contributed by atoms with Gasteiger partial charge < -0.3 is 16.0 Å². The Hall–Kier alpha value is -2.74. The fourth-order valence-corrected chi connectivity index (χ4v) is 2.77. The second-order valence-electron chi connectivity index (χ2n) is 5.20.